The highest BCUT2D eigenvalue weighted by Gasteiger charge is 2.58. The van der Waals surface area contributed by atoms with Crippen LogP contribution in [0.4, 0.5) is 0 Å². The highest BCUT2D eigenvalue weighted by molar-refractivity contribution is 6.11. The van der Waals surface area contributed by atoms with Crippen LogP contribution in [0, 0.1) is 12.0 Å². The second-order valence-electron chi connectivity index (χ2n) is 15.6. The predicted octanol–water partition coefficient (Wildman–Crippen LogP) is 4.84. The number of Topliss-reactive ketones (excluding diaryl/α,β-unsaturated/α-hetero) is 1. The van der Waals surface area contributed by atoms with E-state index in [9.17, 15) is 30.0 Å². The van der Waals surface area contributed by atoms with Gasteiger partial charge in [0.15, 0.2) is 17.5 Å². The lowest BCUT2D eigenvalue weighted by molar-refractivity contribution is -0.327. The number of carbonyl (C=O) groups is 2. The number of hydrogen-bond acceptors (Lipinski definition) is 11. The van der Waals surface area contributed by atoms with E-state index in [0.29, 0.717) is 22.3 Å². The van der Waals surface area contributed by atoms with Crippen molar-refractivity contribution in [3.05, 3.63) is 100 Å². The maximum absolute atomic E-state index is 14.5. The van der Waals surface area contributed by atoms with E-state index < -0.39 is 42.6 Å². The maximum Gasteiger partial charge on any atom is 0.254 e. The largest absolute Gasteiger partial charge is 0.506 e. The van der Waals surface area contributed by atoms with Gasteiger partial charge >= 0.3 is 0 Å². The van der Waals surface area contributed by atoms with Gasteiger partial charge in [-0.25, -0.2) is 0 Å². The first-order chi connectivity index (χ1) is 28.2. The van der Waals surface area contributed by atoms with Crippen LogP contribution in [0.5, 0.6) is 17.2 Å². The third kappa shape index (κ3) is 6.51. The number of amides is 1. The number of aromatic nitrogens is 1. The molecule has 5 atom stereocenters. The number of carbonyl (C=O) groups excluding carboxylic acids is 2. The van der Waals surface area contributed by atoms with Crippen molar-refractivity contribution in [3.8, 4) is 29.3 Å². The number of H-pyrrole nitrogens is 1. The minimum absolute atomic E-state index is 0.00935. The molecule has 5 N–H and O–H groups in total. The molecule has 9 rings (SSSR count). The first kappa shape index (κ1) is 37.9. The lowest BCUT2D eigenvalue weighted by Gasteiger charge is -2.47. The van der Waals surface area contributed by atoms with Crippen LogP contribution in [-0.4, -0.2) is 99.1 Å². The standard InChI is InChI=1S/C45H44N2O11/c1-54-29-16-27-17-32(25-8-2-3-9-25)39-35(49)21-47-20-33-26(10-6-13-31(33)43(47)52)11-7-15-56-42-40(50)37(23-55-22-28-19-46-34-14-5-4-12-30(28)34)58-44(45(42,53)24-48)57-36(18-29)38(27)41(39)51/h4-6,10,12-14,16-19,25,37,40,42,44,46,48,50-51,53H,2-3,8-9,11,20-24H2,1H3. The number of nitrogens with one attached hydrogen (secondary N) is 1. The van der Waals surface area contributed by atoms with Crippen molar-refractivity contribution >= 4 is 33.4 Å². The minimum Gasteiger partial charge on any atom is -0.506 e. The molecule has 13 heteroatoms. The molecule has 1 saturated heterocycles. The van der Waals surface area contributed by atoms with Gasteiger partial charge in [0.2, 0.25) is 6.29 Å². The van der Waals surface area contributed by atoms with Crippen LogP contribution in [0.25, 0.3) is 21.7 Å². The third-order valence-electron chi connectivity index (χ3n) is 12.1. The summed E-state index contributed by atoms with van der Waals surface area (Å²) in [6.07, 6.45) is 2.13. The Morgan fingerprint density at radius 1 is 1.05 bits per heavy atom. The molecule has 0 radical (unpaired) electrons. The second-order valence-corrected chi connectivity index (χ2v) is 15.6. The van der Waals surface area contributed by atoms with Gasteiger partial charge in [0.05, 0.1) is 44.4 Å². The van der Waals surface area contributed by atoms with E-state index in [0.717, 1.165) is 53.3 Å². The van der Waals surface area contributed by atoms with Gasteiger partial charge in [-0.2, -0.15) is 0 Å². The monoisotopic (exact) mass is 788 g/mol. The molecule has 58 heavy (non-hydrogen) atoms. The number of ketones is 1. The number of nitrogens with zero attached hydrogens (tertiary/aromatic N) is 1. The Balaban J connectivity index is 1.16. The molecule has 4 aliphatic rings. The average molecular weight is 789 g/mol. The predicted molar refractivity (Wildman–Crippen MR) is 211 cm³/mol. The van der Waals surface area contributed by atoms with Gasteiger partial charge in [0.25, 0.3) is 5.91 Å². The molecule has 4 aromatic carbocycles. The fourth-order valence-electron chi connectivity index (χ4n) is 9.02. The number of phenols is 1. The molecule has 1 amide bonds. The number of aliphatic hydroxyl groups is 3. The zero-order valence-electron chi connectivity index (χ0n) is 31.9. The van der Waals surface area contributed by atoms with Gasteiger partial charge in [0, 0.05) is 47.3 Å². The number of methoxy groups -OCH3 is 1. The minimum atomic E-state index is -2.42. The van der Waals surface area contributed by atoms with Crippen LogP contribution in [0.3, 0.4) is 0 Å². The average Bonchev–Trinajstić information content (AvgIpc) is 3.99. The quantitative estimate of drug-likeness (QED) is 0.143. The summed E-state index contributed by atoms with van der Waals surface area (Å²) in [7, 11) is 1.47. The normalized spacial score (nSPS) is 24.7. The molecule has 1 saturated carbocycles. The Morgan fingerprint density at radius 2 is 1.88 bits per heavy atom. The van der Waals surface area contributed by atoms with Gasteiger partial charge in [-0.05, 0) is 65.1 Å². The van der Waals surface area contributed by atoms with E-state index in [1.165, 1.54) is 18.1 Å². The summed E-state index contributed by atoms with van der Waals surface area (Å²) < 4.78 is 30.4. The topological polar surface area (TPSA) is 180 Å². The number of fused-ring (bicyclic) bond motifs is 5. The highest BCUT2D eigenvalue weighted by Crippen LogP contribution is 2.47. The number of ether oxygens (including phenoxy) is 5. The molecule has 6 bridgehead atoms. The molecular weight excluding hydrogens is 744 g/mol. The molecule has 1 aromatic heterocycles. The first-order valence-electron chi connectivity index (χ1n) is 19.6. The zero-order chi connectivity index (χ0) is 40.1. The lowest BCUT2D eigenvalue weighted by Crippen LogP contribution is -2.70. The Labute approximate surface area is 334 Å². The van der Waals surface area contributed by atoms with Crippen molar-refractivity contribution in [3.63, 3.8) is 0 Å². The number of benzene rings is 4. The van der Waals surface area contributed by atoms with Crippen molar-refractivity contribution in [2.45, 2.75) is 81.4 Å². The molecule has 5 aromatic rings. The Kier molecular flexibility index (Phi) is 9.99. The van der Waals surface area contributed by atoms with Gasteiger partial charge in [0.1, 0.15) is 35.6 Å². The zero-order valence-corrected chi connectivity index (χ0v) is 31.9. The summed E-state index contributed by atoms with van der Waals surface area (Å²) in [6.45, 7) is -1.11. The molecule has 13 nitrogen and oxygen atoms in total. The summed E-state index contributed by atoms with van der Waals surface area (Å²) in [5, 5.41) is 48.7. The molecule has 1 aliphatic carbocycles. The molecule has 4 heterocycles. The number of aromatic hydroxyl groups is 1. The third-order valence-corrected chi connectivity index (χ3v) is 12.1. The smallest absolute Gasteiger partial charge is 0.254 e. The van der Waals surface area contributed by atoms with Crippen molar-refractivity contribution in [2.24, 2.45) is 0 Å². The van der Waals surface area contributed by atoms with Crippen LogP contribution in [0.2, 0.25) is 0 Å². The Morgan fingerprint density at radius 3 is 2.69 bits per heavy atom. The number of hydrogen-bond donors (Lipinski definition) is 5. The molecule has 5 unspecified atom stereocenters. The van der Waals surface area contributed by atoms with Gasteiger partial charge < -0.3 is 54.0 Å². The summed E-state index contributed by atoms with van der Waals surface area (Å²) in [4.78, 5) is 32.9. The Bertz CT molecular complexity index is 2480. The van der Waals surface area contributed by atoms with Crippen molar-refractivity contribution in [2.75, 3.05) is 26.9 Å². The highest BCUT2D eigenvalue weighted by atomic mass is 16.7. The SMILES string of the molecule is COc1cc2c3c(O)c(c(C4CCCC4)cc3c1)C(=O)CN1Cc3c(cccc3C1=O)CC#COC1C(O)C(COCc3c[nH]c4ccccc34)OC(O2)C1(O)CO. The number of rotatable bonds is 7. The van der Waals surface area contributed by atoms with Crippen molar-refractivity contribution in [1.82, 2.24) is 9.88 Å². The van der Waals surface area contributed by atoms with Crippen LogP contribution >= 0.6 is 0 Å². The van der Waals surface area contributed by atoms with E-state index in [4.69, 9.17) is 23.7 Å². The lowest BCUT2D eigenvalue weighted by atomic mass is 9.86. The summed E-state index contributed by atoms with van der Waals surface area (Å²) in [5.41, 5.74) is 2.09. The van der Waals surface area contributed by atoms with Crippen molar-refractivity contribution < 1.29 is 53.7 Å². The number of aromatic amines is 1. The molecule has 300 valence electrons. The molecule has 0 spiro atoms. The van der Waals surface area contributed by atoms with E-state index in [-0.39, 0.29) is 67.0 Å². The van der Waals surface area contributed by atoms with E-state index >= 15 is 0 Å². The van der Waals surface area contributed by atoms with Gasteiger partial charge in [-0.1, -0.05) is 49.1 Å². The summed E-state index contributed by atoms with van der Waals surface area (Å²) in [6, 6.07) is 18.1. The van der Waals surface area contributed by atoms with E-state index in [1.54, 1.807) is 18.2 Å². The van der Waals surface area contributed by atoms with Gasteiger partial charge in [-0.15, -0.1) is 0 Å². The number of phenolic OH excluding ortho intramolecular Hbond substituents is 1. The summed E-state index contributed by atoms with van der Waals surface area (Å²) >= 11 is 0. The fraction of sp³-hybridized carbons (Fsp3) is 0.378. The van der Waals surface area contributed by atoms with Crippen LogP contribution in [0.1, 0.15) is 74.6 Å². The first-order valence-corrected chi connectivity index (χ1v) is 19.6. The number of aliphatic hydroxyl groups excluding tert-OH is 2. The van der Waals surface area contributed by atoms with Crippen molar-refractivity contribution in [1.29, 1.82) is 0 Å². The second kappa shape index (κ2) is 15.3. The van der Waals surface area contributed by atoms with E-state index in [2.05, 4.69) is 17.0 Å². The van der Waals surface area contributed by atoms with Crippen LogP contribution in [-0.2, 0) is 33.8 Å². The van der Waals surface area contributed by atoms with Crippen LogP contribution < -0.4 is 9.47 Å². The van der Waals surface area contributed by atoms with Crippen LogP contribution in [0.15, 0.2) is 66.9 Å². The maximum atomic E-state index is 14.5. The molecular formula is C45H44N2O11. The number of para-hydroxylation sites is 1. The summed E-state index contributed by atoms with van der Waals surface area (Å²) in [5.74, 6) is 2.15. The fourth-order valence-corrected chi connectivity index (χ4v) is 9.02. The molecule has 3 aliphatic heterocycles. The molecule has 2 fully saturated rings. The van der Waals surface area contributed by atoms with E-state index in [1.807, 2.05) is 42.6 Å². The Hall–Kier alpha value is -5.62. The van der Waals surface area contributed by atoms with Gasteiger partial charge in [-0.3, -0.25) is 9.59 Å².